The molecule has 0 fully saturated rings. The topological polar surface area (TPSA) is 63.3 Å². The van der Waals surface area contributed by atoms with Crippen LogP contribution in [0.2, 0.25) is 0 Å². The van der Waals surface area contributed by atoms with Gasteiger partial charge >= 0.3 is 5.97 Å². The molecular weight excluding hydrogens is 178 g/mol. The molecule has 0 spiro atoms. The Morgan fingerprint density at radius 2 is 2.00 bits per heavy atom. The van der Waals surface area contributed by atoms with Crippen LogP contribution in [0.25, 0.3) is 0 Å². The molecule has 0 saturated carbocycles. The Kier molecular flexibility index (Phi) is 4.13. The molecule has 0 radical (unpaired) electrons. The molecule has 0 bridgehead atoms. The van der Waals surface area contributed by atoms with Crippen molar-refractivity contribution in [3.8, 4) is 0 Å². The zero-order valence-electron chi connectivity index (χ0n) is 8.07. The van der Waals surface area contributed by atoms with Crippen LogP contribution in [0, 0.1) is 0 Å². The monoisotopic (exact) mass is 193 g/mol. The van der Waals surface area contributed by atoms with Crippen molar-refractivity contribution >= 4 is 5.97 Å². The first-order chi connectivity index (χ1) is 6.75. The molecule has 0 aliphatic heterocycles. The van der Waals surface area contributed by atoms with Crippen LogP contribution >= 0.6 is 0 Å². The number of hydrogen-bond acceptors (Lipinski definition) is 2. The van der Waals surface area contributed by atoms with Crippen LogP contribution in [-0.4, -0.2) is 17.6 Å². The second kappa shape index (κ2) is 5.40. The average Bonchev–Trinajstić information content (AvgIpc) is 2.19. The van der Waals surface area contributed by atoms with E-state index in [0.29, 0.717) is 12.1 Å². The molecule has 76 valence electrons. The molecule has 0 atom stereocenters. The summed E-state index contributed by atoms with van der Waals surface area (Å²) in [5.41, 5.74) is 6.68. The molecule has 0 unspecified atom stereocenters. The van der Waals surface area contributed by atoms with Crippen molar-refractivity contribution in [3.05, 3.63) is 35.4 Å². The molecular formula is C11H15NO2. The van der Waals surface area contributed by atoms with Crippen molar-refractivity contribution in [3.63, 3.8) is 0 Å². The first-order valence-electron chi connectivity index (χ1n) is 4.77. The maximum absolute atomic E-state index is 10.8. The second-order valence-corrected chi connectivity index (χ2v) is 3.21. The molecule has 3 heteroatoms. The smallest absolute Gasteiger partial charge is 0.335 e. The first-order valence-corrected chi connectivity index (χ1v) is 4.77. The lowest BCUT2D eigenvalue weighted by Gasteiger charge is -2.04. The van der Waals surface area contributed by atoms with Gasteiger partial charge in [-0.25, -0.2) is 4.79 Å². The molecule has 14 heavy (non-hydrogen) atoms. The summed E-state index contributed by atoms with van der Waals surface area (Å²) in [5, 5.41) is 8.90. The summed E-state index contributed by atoms with van der Waals surface area (Å²) in [4.78, 5) is 10.8. The van der Waals surface area contributed by atoms with E-state index in [1.807, 2.05) is 12.1 Å². The minimum Gasteiger partial charge on any atom is -0.478 e. The third-order valence-electron chi connectivity index (χ3n) is 2.15. The van der Waals surface area contributed by atoms with Gasteiger partial charge in [-0.2, -0.15) is 0 Å². The van der Waals surface area contributed by atoms with Crippen LogP contribution in [0.4, 0.5) is 0 Å². The number of carboxylic acid groups (broad SMARTS) is 1. The molecule has 3 nitrogen and oxygen atoms in total. The number of rotatable bonds is 5. The highest BCUT2D eigenvalue weighted by Gasteiger charge is 2.07. The number of hydrogen-bond donors (Lipinski definition) is 2. The molecule has 1 aromatic carbocycles. The maximum Gasteiger partial charge on any atom is 0.335 e. The van der Waals surface area contributed by atoms with Gasteiger partial charge in [0.1, 0.15) is 0 Å². The number of nitrogens with two attached hydrogens (primary N) is 1. The number of aryl methyl sites for hydroxylation is 1. The molecule has 0 heterocycles. The highest BCUT2D eigenvalue weighted by molar-refractivity contribution is 5.89. The van der Waals surface area contributed by atoms with E-state index in [1.165, 1.54) is 0 Å². The maximum atomic E-state index is 10.8. The highest BCUT2D eigenvalue weighted by atomic mass is 16.4. The highest BCUT2D eigenvalue weighted by Crippen LogP contribution is 2.11. The summed E-state index contributed by atoms with van der Waals surface area (Å²) in [6, 6.07) is 7.11. The molecule has 3 N–H and O–H groups in total. The Hall–Kier alpha value is -1.35. The predicted octanol–water partition coefficient (Wildman–Crippen LogP) is 1.67. The molecule has 1 rings (SSSR count). The average molecular weight is 193 g/mol. The van der Waals surface area contributed by atoms with E-state index in [1.54, 1.807) is 12.1 Å². The zero-order valence-corrected chi connectivity index (χ0v) is 8.07. The Balaban J connectivity index is 2.69. The lowest BCUT2D eigenvalue weighted by molar-refractivity contribution is 0.0695. The fraction of sp³-hybridized carbons (Fsp3) is 0.364. The Morgan fingerprint density at radius 1 is 1.29 bits per heavy atom. The molecule has 1 aromatic rings. The summed E-state index contributed by atoms with van der Waals surface area (Å²) in [6.07, 6.45) is 2.68. The minimum absolute atomic E-state index is 0.407. The van der Waals surface area contributed by atoms with Gasteiger partial charge in [0.2, 0.25) is 0 Å². The number of carboxylic acids is 1. The van der Waals surface area contributed by atoms with Crippen LogP contribution in [0.3, 0.4) is 0 Å². The summed E-state index contributed by atoms with van der Waals surface area (Å²) >= 11 is 0. The Bertz CT molecular complexity index is 310. The van der Waals surface area contributed by atoms with Crippen molar-refractivity contribution in [2.24, 2.45) is 5.73 Å². The van der Waals surface area contributed by atoms with Gasteiger partial charge in [0, 0.05) is 0 Å². The van der Waals surface area contributed by atoms with Gasteiger partial charge in [-0.15, -0.1) is 0 Å². The first kappa shape index (κ1) is 10.7. The largest absolute Gasteiger partial charge is 0.478 e. The van der Waals surface area contributed by atoms with Crippen LogP contribution in [0.15, 0.2) is 24.3 Å². The van der Waals surface area contributed by atoms with Gasteiger partial charge in [0.25, 0.3) is 0 Å². The van der Waals surface area contributed by atoms with Crippen molar-refractivity contribution < 1.29 is 9.90 Å². The standard InChI is InChI=1S/C11H15NO2/c12-8-4-3-6-9-5-1-2-7-10(9)11(13)14/h1-2,5,7H,3-4,6,8,12H2,(H,13,14). The molecule has 0 amide bonds. The van der Waals surface area contributed by atoms with E-state index in [-0.39, 0.29) is 0 Å². The van der Waals surface area contributed by atoms with Crippen molar-refractivity contribution in [2.45, 2.75) is 19.3 Å². The van der Waals surface area contributed by atoms with E-state index in [0.717, 1.165) is 24.8 Å². The number of aromatic carboxylic acids is 1. The van der Waals surface area contributed by atoms with Gasteiger partial charge in [-0.05, 0) is 37.4 Å². The molecule has 0 aliphatic rings. The van der Waals surface area contributed by atoms with E-state index >= 15 is 0 Å². The third-order valence-corrected chi connectivity index (χ3v) is 2.15. The third kappa shape index (κ3) is 2.85. The van der Waals surface area contributed by atoms with Crippen LogP contribution in [0.5, 0.6) is 0 Å². The SMILES string of the molecule is NCCCCc1ccccc1C(=O)O. The van der Waals surface area contributed by atoms with E-state index in [9.17, 15) is 4.79 Å². The van der Waals surface area contributed by atoms with E-state index in [4.69, 9.17) is 10.8 Å². The molecule has 0 aliphatic carbocycles. The van der Waals surface area contributed by atoms with Gasteiger partial charge in [0.05, 0.1) is 5.56 Å². The van der Waals surface area contributed by atoms with E-state index in [2.05, 4.69) is 0 Å². The van der Waals surface area contributed by atoms with Gasteiger partial charge < -0.3 is 10.8 Å². The summed E-state index contributed by atoms with van der Waals surface area (Å²) in [5.74, 6) is -0.853. The van der Waals surface area contributed by atoms with Gasteiger partial charge in [-0.1, -0.05) is 18.2 Å². The summed E-state index contributed by atoms with van der Waals surface area (Å²) < 4.78 is 0. The minimum atomic E-state index is -0.853. The van der Waals surface area contributed by atoms with Crippen molar-refractivity contribution in [1.82, 2.24) is 0 Å². The van der Waals surface area contributed by atoms with Gasteiger partial charge in [0.15, 0.2) is 0 Å². The van der Waals surface area contributed by atoms with Crippen molar-refractivity contribution in [1.29, 1.82) is 0 Å². The number of benzene rings is 1. The number of carbonyl (C=O) groups is 1. The summed E-state index contributed by atoms with van der Waals surface area (Å²) in [7, 11) is 0. The van der Waals surface area contributed by atoms with Crippen LogP contribution < -0.4 is 5.73 Å². The fourth-order valence-corrected chi connectivity index (χ4v) is 1.41. The van der Waals surface area contributed by atoms with Crippen LogP contribution in [-0.2, 0) is 6.42 Å². The molecule has 0 saturated heterocycles. The summed E-state index contributed by atoms with van der Waals surface area (Å²) in [6.45, 7) is 0.662. The second-order valence-electron chi connectivity index (χ2n) is 3.21. The predicted molar refractivity (Wildman–Crippen MR) is 55.4 cm³/mol. The van der Waals surface area contributed by atoms with Crippen molar-refractivity contribution in [2.75, 3.05) is 6.54 Å². The molecule has 0 aromatic heterocycles. The normalized spacial score (nSPS) is 10.1. The zero-order chi connectivity index (χ0) is 10.4. The Labute approximate surface area is 83.6 Å². The van der Waals surface area contributed by atoms with E-state index < -0.39 is 5.97 Å². The lowest BCUT2D eigenvalue weighted by atomic mass is 10.0. The Morgan fingerprint density at radius 3 is 2.64 bits per heavy atom. The quantitative estimate of drug-likeness (QED) is 0.699. The van der Waals surface area contributed by atoms with Crippen LogP contribution in [0.1, 0.15) is 28.8 Å². The lowest BCUT2D eigenvalue weighted by Crippen LogP contribution is -2.04. The van der Waals surface area contributed by atoms with Gasteiger partial charge in [-0.3, -0.25) is 0 Å². The number of unbranched alkanes of at least 4 members (excludes halogenated alkanes) is 1. The fourth-order valence-electron chi connectivity index (χ4n) is 1.41.